The van der Waals surface area contributed by atoms with Crippen LogP contribution in [0.3, 0.4) is 0 Å². The first kappa shape index (κ1) is 14.6. The molecule has 3 aromatic rings. The number of nitrogens with zero attached hydrogens (tertiary/aromatic N) is 3. The summed E-state index contributed by atoms with van der Waals surface area (Å²) in [6, 6.07) is 12.2. The van der Waals surface area contributed by atoms with Gasteiger partial charge in [-0.2, -0.15) is 0 Å². The van der Waals surface area contributed by atoms with E-state index in [0.29, 0.717) is 0 Å². The van der Waals surface area contributed by atoms with Gasteiger partial charge in [0, 0.05) is 18.3 Å². The molecular formula is C18H21N3O. The normalized spacial score (nSPS) is 11.3. The zero-order chi connectivity index (χ0) is 15.7. The Labute approximate surface area is 131 Å². The molecule has 0 aliphatic carbocycles. The summed E-state index contributed by atoms with van der Waals surface area (Å²) in [6.45, 7) is 2.92. The summed E-state index contributed by atoms with van der Waals surface area (Å²) < 4.78 is 7.53. The molecule has 0 amide bonds. The van der Waals surface area contributed by atoms with Crippen molar-refractivity contribution in [2.45, 2.75) is 13.5 Å². The Morgan fingerprint density at radius 1 is 1.18 bits per heavy atom. The van der Waals surface area contributed by atoms with E-state index in [2.05, 4.69) is 54.7 Å². The number of pyridine rings is 1. The van der Waals surface area contributed by atoms with Crippen molar-refractivity contribution in [1.82, 2.24) is 14.3 Å². The Kier molecular flexibility index (Phi) is 3.86. The van der Waals surface area contributed by atoms with Gasteiger partial charge in [-0.05, 0) is 44.8 Å². The van der Waals surface area contributed by atoms with Crippen molar-refractivity contribution in [3.05, 3.63) is 53.9 Å². The number of imidazole rings is 1. The van der Waals surface area contributed by atoms with E-state index in [4.69, 9.17) is 9.72 Å². The van der Waals surface area contributed by atoms with E-state index in [9.17, 15) is 0 Å². The fourth-order valence-electron chi connectivity index (χ4n) is 2.71. The van der Waals surface area contributed by atoms with Gasteiger partial charge in [-0.15, -0.1) is 0 Å². The lowest BCUT2D eigenvalue weighted by atomic mass is 10.1. The van der Waals surface area contributed by atoms with Crippen LogP contribution in [0.4, 0.5) is 0 Å². The van der Waals surface area contributed by atoms with Crippen molar-refractivity contribution >= 4 is 5.65 Å². The first-order valence-electron chi connectivity index (χ1n) is 7.36. The highest BCUT2D eigenvalue weighted by Crippen LogP contribution is 2.28. The summed E-state index contributed by atoms with van der Waals surface area (Å²) in [5.41, 5.74) is 5.48. The Morgan fingerprint density at radius 3 is 2.73 bits per heavy atom. The molecule has 0 bridgehead atoms. The average Bonchev–Trinajstić information content (AvgIpc) is 2.87. The van der Waals surface area contributed by atoms with E-state index >= 15 is 0 Å². The molecule has 0 saturated carbocycles. The fourth-order valence-corrected chi connectivity index (χ4v) is 2.71. The second-order valence-electron chi connectivity index (χ2n) is 5.76. The quantitative estimate of drug-likeness (QED) is 0.739. The van der Waals surface area contributed by atoms with Crippen LogP contribution in [0.5, 0.6) is 5.75 Å². The van der Waals surface area contributed by atoms with Gasteiger partial charge in [-0.1, -0.05) is 18.2 Å². The van der Waals surface area contributed by atoms with Gasteiger partial charge in [0.15, 0.2) is 0 Å². The molecule has 0 aliphatic heterocycles. The predicted molar refractivity (Wildman–Crippen MR) is 89.3 cm³/mol. The van der Waals surface area contributed by atoms with Gasteiger partial charge in [0.1, 0.15) is 11.4 Å². The lowest BCUT2D eigenvalue weighted by molar-refractivity contribution is 0.396. The second-order valence-corrected chi connectivity index (χ2v) is 5.76. The summed E-state index contributed by atoms with van der Waals surface area (Å²) in [6.07, 6.45) is 2.08. The third kappa shape index (κ3) is 2.57. The van der Waals surface area contributed by atoms with Crippen LogP contribution in [0.15, 0.2) is 42.6 Å². The van der Waals surface area contributed by atoms with Crippen molar-refractivity contribution in [3.63, 3.8) is 0 Å². The molecule has 0 radical (unpaired) electrons. The molecule has 0 fully saturated rings. The topological polar surface area (TPSA) is 29.8 Å². The molecule has 2 heterocycles. The van der Waals surface area contributed by atoms with Gasteiger partial charge in [0.05, 0.1) is 18.5 Å². The lowest BCUT2D eigenvalue weighted by Gasteiger charge is -2.12. The van der Waals surface area contributed by atoms with Crippen LogP contribution >= 0.6 is 0 Å². The zero-order valence-corrected chi connectivity index (χ0v) is 13.5. The molecule has 22 heavy (non-hydrogen) atoms. The van der Waals surface area contributed by atoms with Crippen LogP contribution in [0.25, 0.3) is 16.9 Å². The van der Waals surface area contributed by atoms with Crippen molar-refractivity contribution in [2.24, 2.45) is 0 Å². The maximum absolute atomic E-state index is 5.35. The number of hydrogen-bond donors (Lipinski definition) is 0. The molecule has 0 unspecified atom stereocenters. The molecule has 0 N–H and O–H groups in total. The highest BCUT2D eigenvalue weighted by atomic mass is 16.5. The molecule has 2 aromatic heterocycles. The highest BCUT2D eigenvalue weighted by Gasteiger charge is 2.16. The monoisotopic (exact) mass is 295 g/mol. The number of aryl methyl sites for hydroxylation is 1. The van der Waals surface area contributed by atoms with Crippen molar-refractivity contribution < 1.29 is 4.74 Å². The van der Waals surface area contributed by atoms with Crippen molar-refractivity contribution in [3.8, 4) is 17.0 Å². The first-order chi connectivity index (χ1) is 10.6. The summed E-state index contributed by atoms with van der Waals surface area (Å²) in [5, 5.41) is 0. The summed E-state index contributed by atoms with van der Waals surface area (Å²) in [7, 11) is 5.84. The molecule has 0 saturated heterocycles. The van der Waals surface area contributed by atoms with Gasteiger partial charge in [-0.3, -0.25) is 0 Å². The van der Waals surface area contributed by atoms with Crippen molar-refractivity contribution in [2.75, 3.05) is 21.2 Å². The van der Waals surface area contributed by atoms with E-state index in [1.54, 1.807) is 7.11 Å². The Balaban J connectivity index is 2.25. The van der Waals surface area contributed by atoms with E-state index < -0.39 is 0 Å². The Morgan fingerprint density at radius 2 is 2.00 bits per heavy atom. The van der Waals surface area contributed by atoms with Crippen LogP contribution in [0.2, 0.25) is 0 Å². The minimum atomic E-state index is 0.831. The number of hydrogen-bond acceptors (Lipinski definition) is 3. The third-order valence-corrected chi connectivity index (χ3v) is 3.75. The van der Waals surface area contributed by atoms with Crippen LogP contribution in [0, 0.1) is 6.92 Å². The summed E-state index contributed by atoms with van der Waals surface area (Å²) in [4.78, 5) is 7.05. The zero-order valence-electron chi connectivity index (χ0n) is 13.5. The largest absolute Gasteiger partial charge is 0.497 e. The standard InChI is InChI=1S/C18H21N3O/c1-13-7-6-10-21-16(12-20(2)3)17(19-18(13)21)14-8-5-9-15(11-14)22-4/h5-11H,12H2,1-4H3. The highest BCUT2D eigenvalue weighted by molar-refractivity contribution is 5.69. The number of benzene rings is 1. The number of ether oxygens (including phenoxy) is 1. The summed E-state index contributed by atoms with van der Waals surface area (Å²) in [5.74, 6) is 0.849. The molecule has 1 aromatic carbocycles. The van der Waals surface area contributed by atoms with Gasteiger partial charge in [-0.25, -0.2) is 4.98 Å². The van der Waals surface area contributed by atoms with Crippen LogP contribution in [0.1, 0.15) is 11.3 Å². The van der Waals surface area contributed by atoms with Gasteiger partial charge >= 0.3 is 0 Å². The average molecular weight is 295 g/mol. The molecule has 114 valence electrons. The molecule has 4 nitrogen and oxygen atoms in total. The molecule has 0 atom stereocenters. The smallest absolute Gasteiger partial charge is 0.140 e. The number of fused-ring (bicyclic) bond motifs is 1. The number of methoxy groups -OCH3 is 1. The maximum Gasteiger partial charge on any atom is 0.140 e. The van der Waals surface area contributed by atoms with Gasteiger partial charge in [0.2, 0.25) is 0 Å². The number of rotatable bonds is 4. The van der Waals surface area contributed by atoms with Gasteiger partial charge < -0.3 is 14.0 Å². The third-order valence-electron chi connectivity index (χ3n) is 3.75. The van der Waals surface area contributed by atoms with E-state index in [-0.39, 0.29) is 0 Å². The van der Waals surface area contributed by atoms with E-state index in [1.807, 2.05) is 18.2 Å². The van der Waals surface area contributed by atoms with Crippen LogP contribution in [-0.2, 0) is 6.54 Å². The SMILES string of the molecule is COc1cccc(-c2nc3c(C)cccn3c2CN(C)C)c1. The minimum absolute atomic E-state index is 0.831. The van der Waals surface area contributed by atoms with E-state index in [0.717, 1.165) is 29.2 Å². The predicted octanol–water partition coefficient (Wildman–Crippen LogP) is 3.38. The molecule has 4 heteroatoms. The molecule has 0 aliphatic rings. The minimum Gasteiger partial charge on any atom is -0.497 e. The Hall–Kier alpha value is -2.33. The first-order valence-corrected chi connectivity index (χ1v) is 7.36. The van der Waals surface area contributed by atoms with Crippen molar-refractivity contribution in [1.29, 1.82) is 0 Å². The summed E-state index contributed by atoms with van der Waals surface area (Å²) >= 11 is 0. The van der Waals surface area contributed by atoms with Crippen LogP contribution in [-0.4, -0.2) is 35.5 Å². The van der Waals surface area contributed by atoms with Crippen LogP contribution < -0.4 is 4.74 Å². The molecule has 0 spiro atoms. The second kappa shape index (κ2) is 5.81. The van der Waals surface area contributed by atoms with Gasteiger partial charge in [0.25, 0.3) is 0 Å². The molecule has 3 rings (SSSR count). The number of aromatic nitrogens is 2. The maximum atomic E-state index is 5.35. The fraction of sp³-hybridized carbons (Fsp3) is 0.278. The Bertz CT molecular complexity index is 805. The lowest BCUT2D eigenvalue weighted by Crippen LogP contribution is -2.13. The van der Waals surface area contributed by atoms with E-state index in [1.165, 1.54) is 11.3 Å². The molecular weight excluding hydrogens is 274 g/mol.